The van der Waals surface area contributed by atoms with Crippen molar-refractivity contribution >= 4 is 28.7 Å². The van der Waals surface area contributed by atoms with Gasteiger partial charge in [0.2, 0.25) is 0 Å². The predicted octanol–water partition coefficient (Wildman–Crippen LogP) is 3.49. The van der Waals surface area contributed by atoms with Crippen molar-refractivity contribution in [3.63, 3.8) is 0 Å². The summed E-state index contributed by atoms with van der Waals surface area (Å²) in [4.78, 5) is 12.3. The molecule has 0 spiro atoms. The SMILES string of the molecule is Cc1noc(C)c1-c1ccc(CNC(=O)c2ccc3nsnc3c2)o1. The lowest BCUT2D eigenvalue weighted by Gasteiger charge is -2.03. The van der Waals surface area contributed by atoms with Crippen LogP contribution in [0.25, 0.3) is 22.4 Å². The van der Waals surface area contributed by atoms with Crippen LogP contribution in [-0.4, -0.2) is 19.8 Å². The number of nitrogens with one attached hydrogen (secondary N) is 1. The number of carbonyl (C=O) groups is 1. The summed E-state index contributed by atoms with van der Waals surface area (Å²) in [5, 5.41) is 6.76. The molecular formula is C17H14N4O3S. The van der Waals surface area contributed by atoms with Crippen LogP contribution in [0.15, 0.2) is 39.3 Å². The number of hydrogen-bond donors (Lipinski definition) is 1. The molecule has 7 nitrogen and oxygen atoms in total. The van der Waals surface area contributed by atoms with Gasteiger partial charge in [-0.1, -0.05) is 5.16 Å². The van der Waals surface area contributed by atoms with Crippen molar-refractivity contribution in [1.29, 1.82) is 0 Å². The molecule has 0 bridgehead atoms. The monoisotopic (exact) mass is 354 g/mol. The van der Waals surface area contributed by atoms with Crippen molar-refractivity contribution in [2.45, 2.75) is 20.4 Å². The number of benzene rings is 1. The van der Waals surface area contributed by atoms with Crippen LogP contribution >= 0.6 is 11.7 Å². The van der Waals surface area contributed by atoms with E-state index in [4.69, 9.17) is 8.94 Å². The lowest BCUT2D eigenvalue weighted by Crippen LogP contribution is -2.22. The Bertz CT molecular complexity index is 1040. The van der Waals surface area contributed by atoms with Crippen molar-refractivity contribution in [1.82, 2.24) is 19.2 Å². The van der Waals surface area contributed by atoms with Gasteiger partial charge < -0.3 is 14.3 Å². The van der Waals surface area contributed by atoms with Gasteiger partial charge in [0.25, 0.3) is 5.91 Å². The zero-order valence-corrected chi connectivity index (χ0v) is 14.4. The lowest BCUT2D eigenvalue weighted by atomic mass is 10.1. The molecule has 0 unspecified atom stereocenters. The Labute approximate surface area is 147 Å². The van der Waals surface area contributed by atoms with Crippen LogP contribution in [0.4, 0.5) is 0 Å². The summed E-state index contributed by atoms with van der Waals surface area (Å²) in [5.41, 5.74) is 3.66. The molecule has 1 N–H and O–H groups in total. The van der Waals surface area contributed by atoms with E-state index in [2.05, 4.69) is 19.2 Å². The number of aromatic nitrogens is 3. The number of furan rings is 1. The number of fused-ring (bicyclic) bond motifs is 1. The van der Waals surface area contributed by atoms with Crippen LogP contribution in [0.1, 0.15) is 27.6 Å². The Hall–Kier alpha value is -3.00. The van der Waals surface area contributed by atoms with Crippen molar-refractivity contribution in [3.05, 3.63) is 53.1 Å². The van der Waals surface area contributed by atoms with Gasteiger partial charge in [-0.15, -0.1) is 0 Å². The summed E-state index contributed by atoms with van der Waals surface area (Å²) in [6.45, 7) is 3.98. The highest BCUT2D eigenvalue weighted by atomic mass is 32.1. The molecule has 0 aliphatic heterocycles. The second-order valence-electron chi connectivity index (χ2n) is 5.62. The van der Waals surface area contributed by atoms with E-state index in [1.54, 1.807) is 18.2 Å². The lowest BCUT2D eigenvalue weighted by molar-refractivity contribution is 0.0948. The molecule has 0 saturated heterocycles. The van der Waals surface area contributed by atoms with E-state index in [0.717, 1.165) is 34.0 Å². The van der Waals surface area contributed by atoms with Crippen LogP contribution in [0.3, 0.4) is 0 Å². The maximum absolute atomic E-state index is 12.3. The summed E-state index contributed by atoms with van der Waals surface area (Å²) in [6, 6.07) is 8.92. The van der Waals surface area contributed by atoms with E-state index in [0.29, 0.717) is 22.8 Å². The summed E-state index contributed by atoms with van der Waals surface area (Å²) in [7, 11) is 0. The molecule has 8 heteroatoms. The number of carbonyl (C=O) groups excluding carboxylic acids is 1. The van der Waals surface area contributed by atoms with E-state index < -0.39 is 0 Å². The number of nitrogens with zero attached hydrogens (tertiary/aromatic N) is 3. The zero-order chi connectivity index (χ0) is 17.4. The first kappa shape index (κ1) is 15.5. The second kappa shape index (κ2) is 6.14. The molecule has 1 aromatic carbocycles. The van der Waals surface area contributed by atoms with Gasteiger partial charge in [0.1, 0.15) is 28.3 Å². The van der Waals surface area contributed by atoms with Gasteiger partial charge in [-0.05, 0) is 44.2 Å². The van der Waals surface area contributed by atoms with Crippen LogP contribution in [0.2, 0.25) is 0 Å². The van der Waals surface area contributed by atoms with Gasteiger partial charge in [-0.3, -0.25) is 4.79 Å². The van der Waals surface area contributed by atoms with Crippen LogP contribution in [0.5, 0.6) is 0 Å². The molecule has 0 radical (unpaired) electrons. The Balaban J connectivity index is 1.47. The van der Waals surface area contributed by atoms with E-state index in [1.807, 2.05) is 26.0 Å². The summed E-state index contributed by atoms with van der Waals surface area (Å²) in [6.07, 6.45) is 0. The molecule has 0 atom stereocenters. The fourth-order valence-electron chi connectivity index (χ4n) is 2.63. The number of aryl methyl sites for hydroxylation is 2. The number of rotatable bonds is 4. The van der Waals surface area contributed by atoms with Crippen LogP contribution < -0.4 is 5.32 Å². The van der Waals surface area contributed by atoms with Gasteiger partial charge in [0.15, 0.2) is 0 Å². The van der Waals surface area contributed by atoms with Gasteiger partial charge in [-0.25, -0.2) is 0 Å². The molecule has 0 fully saturated rings. The quantitative estimate of drug-likeness (QED) is 0.603. The van der Waals surface area contributed by atoms with Crippen molar-refractivity contribution in [2.75, 3.05) is 0 Å². The molecule has 4 rings (SSSR count). The molecule has 3 aromatic heterocycles. The minimum atomic E-state index is -0.190. The van der Waals surface area contributed by atoms with Gasteiger partial charge in [0, 0.05) is 5.56 Å². The Kier molecular flexibility index (Phi) is 3.81. The molecule has 126 valence electrons. The highest BCUT2D eigenvalue weighted by Crippen LogP contribution is 2.28. The van der Waals surface area contributed by atoms with Gasteiger partial charge >= 0.3 is 0 Å². The highest BCUT2D eigenvalue weighted by molar-refractivity contribution is 7.00. The minimum Gasteiger partial charge on any atom is -0.459 e. The molecule has 4 aromatic rings. The predicted molar refractivity (Wildman–Crippen MR) is 92.3 cm³/mol. The fraction of sp³-hybridized carbons (Fsp3) is 0.176. The minimum absolute atomic E-state index is 0.190. The van der Waals surface area contributed by atoms with Crippen LogP contribution in [0, 0.1) is 13.8 Å². The average molecular weight is 354 g/mol. The average Bonchev–Trinajstić information content (AvgIpc) is 3.32. The standard InChI is InChI=1S/C17H14N4O3S/c1-9-16(10(2)24-19-9)15-6-4-12(23-15)8-18-17(22)11-3-5-13-14(7-11)21-25-20-13/h3-7H,8H2,1-2H3,(H,18,22). The molecular weight excluding hydrogens is 340 g/mol. The Morgan fingerprint density at radius 1 is 1.16 bits per heavy atom. The highest BCUT2D eigenvalue weighted by Gasteiger charge is 2.16. The van der Waals surface area contributed by atoms with Crippen molar-refractivity contribution in [2.24, 2.45) is 0 Å². The van der Waals surface area contributed by atoms with Gasteiger partial charge in [0.05, 0.1) is 29.5 Å². The molecule has 0 aliphatic carbocycles. The first-order valence-corrected chi connectivity index (χ1v) is 8.37. The summed E-state index contributed by atoms with van der Waals surface area (Å²) in [5.74, 6) is 1.84. The smallest absolute Gasteiger partial charge is 0.251 e. The van der Waals surface area contributed by atoms with Crippen molar-refractivity contribution < 1.29 is 13.7 Å². The first-order chi connectivity index (χ1) is 12.1. The summed E-state index contributed by atoms with van der Waals surface area (Å²) < 4.78 is 19.2. The van der Waals surface area contributed by atoms with E-state index >= 15 is 0 Å². The third-order valence-electron chi connectivity index (χ3n) is 3.88. The Morgan fingerprint density at radius 2 is 2.00 bits per heavy atom. The molecule has 1 amide bonds. The van der Waals surface area contributed by atoms with E-state index in [-0.39, 0.29) is 12.5 Å². The first-order valence-electron chi connectivity index (χ1n) is 7.64. The fourth-order valence-corrected chi connectivity index (χ4v) is 3.15. The maximum atomic E-state index is 12.3. The third kappa shape index (κ3) is 2.91. The second-order valence-corrected chi connectivity index (χ2v) is 6.14. The molecule has 25 heavy (non-hydrogen) atoms. The molecule has 3 heterocycles. The summed E-state index contributed by atoms with van der Waals surface area (Å²) >= 11 is 1.13. The molecule has 0 aliphatic rings. The third-order valence-corrected chi connectivity index (χ3v) is 4.44. The normalized spacial score (nSPS) is 11.1. The maximum Gasteiger partial charge on any atom is 0.251 e. The van der Waals surface area contributed by atoms with Crippen LogP contribution in [-0.2, 0) is 6.54 Å². The van der Waals surface area contributed by atoms with Gasteiger partial charge in [-0.2, -0.15) is 8.75 Å². The van der Waals surface area contributed by atoms with E-state index in [9.17, 15) is 4.79 Å². The Morgan fingerprint density at radius 3 is 2.80 bits per heavy atom. The topological polar surface area (TPSA) is 94.1 Å². The van der Waals surface area contributed by atoms with E-state index in [1.165, 1.54) is 0 Å². The zero-order valence-electron chi connectivity index (χ0n) is 13.6. The molecule has 0 saturated carbocycles. The number of hydrogen-bond acceptors (Lipinski definition) is 7. The van der Waals surface area contributed by atoms with Crippen molar-refractivity contribution in [3.8, 4) is 11.3 Å². The largest absolute Gasteiger partial charge is 0.459 e. The number of amides is 1.